The number of hydrogen-bond acceptors (Lipinski definition) is 4. The minimum Gasteiger partial charge on any atom is -0.395 e. The van der Waals surface area contributed by atoms with Crippen LogP contribution in [0.3, 0.4) is 0 Å². The van der Waals surface area contributed by atoms with Crippen molar-refractivity contribution in [1.82, 2.24) is 9.88 Å². The number of carbonyl (C=O) groups excluding carboxylic acids is 1. The highest BCUT2D eigenvalue weighted by Crippen LogP contribution is 2.14. The summed E-state index contributed by atoms with van der Waals surface area (Å²) in [6, 6.07) is 11.9. The Bertz CT molecular complexity index is 624. The van der Waals surface area contributed by atoms with Gasteiger partial charge in [-0.3, -0.25) is 4.79 Å². The first-order valence-corrected chi connectivity index (χ1v) is 6.39. The van der Waals surface area contributed by atoms with Gasteiger partial charge in [-0.1, -0.05) is 30.3 Å². The molecule has 0 fully saturated rings. The van der Waals surface area contributed by atoms with Crippen molar-refractivity contribution in [2.75, 3.05) is 13.2 Å². The van der Waals surface area contributed by atoms with Crippen LogP contribution < -0.4 is 0 Å². The molecule has 0 bridgehead atoms. The Balaban J connectivity index is 2.16. The zero-order valence-corrected chi connectivity index (χ0v) is 11.2. The first kappa shape index (κ1) is 14.7. The second-order valence-corrected chi connectivity index (χ2v) is 4.45. The number of amides is 1. The van der Waals surface area contributed by atoms with Crippen LogP contribution in [0.2, 0.25) is 0 Å². The molecule has 110 valence electrons. The summed E-state index contributed by atoms with van der Waals surface area (Å²) in [5.41, 5.74) is 1.05. The van der Waals surface area contributed by atoms with Crippen LogP contribution in [0.15, 0.2) is 42.5 Å². The Morgan fingerprint density at radius 3 is 2.52 bits per heavy atom. The van der Waals surface area contributed by atoms with Crippen molar-refractivity contribution in [1.29, 1.82) is 0 Å². The number of aliphatic hydroxyl groups is 1. The number of H-pyrrole nitrogens is 1. The van der Waals surface area contributed by atoms with Crippen LogP contribution in [0.25, 0.3) is 0 Å². The molecule has 2 aromatic rings. The molecule has 0 aliphatic rings. The molecule has 0 atom stereocenters. The summed E-state index contributed by atoms with van der Waals surface area (Å²) in [6.07, 6.45) is 0. The van der Waals surface area contributed by atoms with Gasteiger partial charge < -0.3 is 20.1 Å². The molecular weight excluding hydrogens is 274 g/mol. The fourth-order valence-corrected chi connectivity index (χ4v) is 1.96. The van der Waals surface area contributed by atoms with Gasteiger partial charge in [-0.25, -0.2) is 4.98 Å². The molecule has 21 heavy (non-hydrogen) atoms. The highest BCUT2D eigenvalue weighted by atomic mass is 16.6. The van der Waals surface area contributed by atoms with Gasteiger partial charge in [0.05, 0.1) is 6.61 Å². The van der Waals surface area contributed by atoms with Crippen molar-refractivity contribution in [3.63, 3.8) is 0 Å². The molecule has 0 radical (unpaired) electrons. The van der Waals surface area contributed by atoms with Gasteiger partial charge in [0, 0.05) is 19.2 Å². The fraction of sp³-hybridized carbons (Fsp3) is 0.214. The Morgan fingerprint density at radius 1 is 1.24 bits per heavy atom. The summed E-state index contributed by atoms with van der Waals surface area (Å²) in [5, 5.41) is 19.7. The number of aromatic amines is 1. The first-order valence-electron chi connectivity index (χ1n) is 6.39. The van der Waals surface area contributed by atoms with Gasteiger partial charge in [0.1, 0.15) is 0 Å². The third kappa shape index (κ3) is 3.67. The van der Waals surface area contributed by atoms with E-state index in [2.05, 4.69) is 4.98 Å². The molecule has 2 rings (SSSR count). The maximum atomic E-state index is 12.3. The van der Waals surface area contributed by atoms with Gasteiger partial charge in [-0.05, 0) is 16.6 Å². The number of benzene rings is 1. The van der Waals surface area contributed by atoms with Crippen molar-refractivity contribution in [3.05, 3.63) is 63.8 Å². The summed E-state index contributed by atoms with van der Waals surface area (Å²) in [7, 11) is 0. The lowest BCUT2D eigenvalue weighted by Crippen LogP contribution is -2.33. The normalized spacial score (nSPS) is 10.3. The monoisotopic (exact) mass is 289 g/mol. The minimum absolute atomic E-state index is 0.131. The van der Waals surface area contributed by atoms with E-state index in [1.165, 1.54) is 17.0 Å². The topological polar surface area (TPSA) is 99.5 Å². The Hall–Kier alpha value is -2.67. The van der Waals surface area contributed by atoms with Crippen LogP contribution in [-0.4, -0.2) is 39.0 Å². The molecule has 1 heterocycles. The van der Waals surface area contributed by atoms with Crippen LogP contribution in [0.5, 0.6) is 0 Å². The van der Waals surface area contributed by atoms with E-state index < -0.39 is 4.92 Å². The number of aromatic nitrogens is 1. The van der Waals surface area contributed by atoms with E-state index in [9.17, 15) is 14.9 Å². The van der Waals surface area contributed by atoms with Crippen molar-refractivity contribution < 1.29 is 14.8 Å². The molecule has 0 saturated heterocycles. The quantitative estimate of drug-likeness (QED) is 0.622. The fourth-order valence-electron chi connectivity index (χ4n) is 1.96. The molecule has 7 nitrogen and oxygen atoms in total. The highest BCUT2D eigenvalue weighted by molar-refractivity contribution is 5.92. The number of carbonyl (C=O) groups is 1. The van der Waals surface area contributed by atoms with E-state index in [4.69, 9.17) is 5.11 Å². The van der Waals surface area contributed by atoms with E-state index in [1.54, 1.807) is 0 Å². The second kappa shape index (κ2) is 6.67. The number of aliphatic hydroxyl groups excluding tert-OH is 1. The Labute approximate surface area is 121 Å². The zero-order chi connectivity index (χ0) is 15.2. The molecule has 2 N–H and O–H groups in total. The first-order chi connectivity index (χ1) is 10.1. The Kier molecular flexibility index (Phi) is 4.68. The average Bonchev–Trinajstić information content (AvgIpc) is 2.97. The second-order valence-electron chi connectivity index (χ2n) is 4.45. The summed E-state index contributed by atoms with van der Waals surface area (Å²) in [6.45, 7) is 0.301. The van der Waals surface area contributed by atoms with E-state index in [0.717, 1.165) is 5.56 Å². The molecule has 0 spiro atoms. The lowest BCUT2D eigenvalue weighted by Gasteiger charge is -2.20. The van der Waals surface area contributed by atoms with Gasteiger partial charge in [0.2, 0.25) is 0 Å². The Morgan fingerprint density at radius 2 is 1.95 bits per heavy atom. The molecule has 0 aliphatic carbocycles. The standard InChI is InChI=1S/C14H15N3O4/c18-9-8-16(10-11-4-2-1-3-5-11)14(19)12-6-7-13(15-12)17(20)21/h1-7,15,18H,8-10H2. The smallest absolute Gasteiger partial charge is 0.321 e. The van der Waals surface area contributed by atoms with Crippen LogP contribution in [-0.2, 0) is 6.54 Å². The van der Waals surface area contributed by atoms with E-state index in [-0.39, 0.29) is 30.6 Å². The number of nitrogens with zero attached hydrogens (tertiary/aromatic N) is 2. The molecule has 1 aromatic heterocycles. The number of nitrogens with one attached hydrogen (secondary N) is 1. The molecule has 1 amide bonds. The number of hydrogen-bond donors (Lipinski definition) is 2. The SMILES string of the molecule is O=C(c1ccc([N+](=O)[O-])[nH]1)N(CCO)Cc1ccccc1. The molecular formula is C14H15N3O4. The highest BCUT2D eigenvalue weighted by Gasteiger charge is 2.21. The summed E-state index contributed by atoms with van der Waals surface area (Å²) < 4.78 is 0. The summed E-state index contributed by atoms with van der Waals surface area (Å²) in [4.78, 5) is 26.3. The van der Waals surface area contributed by atoms with Crippen LogP contribution in [0.4, 0.5) is 5.82 Å². The zero-order valence-electron chi connectivity index (χ0n) is 11.2. The lowest BCUT2D eigenvalue weighted by atomic mass is 10.2. The van der Waals surface area contributed by atoms with Crippen molar-refractivity contribution >= 4 is 11.7 Å². The van der Waals surface area contributed by atoms with Gasteiger partial charge in [0.25, 0.3) is 5.91 Å². The molecule has 0 unspecified atom stereocenters. The van der Waals surface area contributed by atoms with Gasteiger partial charge >= 0.3 is 5.82 Å². The van der Waals surface area contributed by atoms with Crippen LogP contribution in [0, 0.1) is 10.1 Å². The van der Waals surface area contributed by atoms with Crippen LogP contribution in [0.1, 0.15) is 16.1 Å². The molecule has 0 aliphatic heterocycles. The predicted octanol–water partition coefficient (Wildman–Crippen LogP) is 1.56. The van der Waals surface area contributed by atoms with Crippen LogP contribution >= 0.6 is 0 Å². The summed E-state index contributed by atoms with van der Waals surface area (Å²) >= 11 is 0. The maximum Gasteiger partial charge on any atom is 0.321 e. The van der Waals surface area contributed by atoms with Crippen molar-refractivity contribution in [2.24, 2.45) is 0 Å². The minimum atomic E-state index is -0.593. The van der Waals surface area contributed by atoms with Crippen molar-refractivity contribution in [3.8, 4) is 0 Å². The molecule has 1 aromatic carbocycles. The van der Waals surface area contributed by atoms with Gasteiger partial charge in [-0.2, -0.15) is 0 Å². The van der Waals surface area contributed by atoms with E-state index in [1.807, 2.05) is 30.3 Å². The van der Waals surface area contributed by atoms with Crippen molar-refractivity contribution in [2.45, 2.75) is 6.54 Å². The molecule has 0 saturated carbocycles. The number of rotatable bonds is 6. The third-order valence-electron chi connectivity index (χ3n) is 2.97. The lowest BCUT2D eigenvalue weighted by molar-refractivity contribution is -0.389. The largest absolute Gasteiger partial charge is 0.395 e. The van der Waals surface area contributed by atoms with E-state index >= 15 is 0 Å². The third-order valence-corrected chi connectivity index (χ3v) is 2.97. The van der Waals surface area contributed by atoms with Gasteiger partial charge in [-0.15, -0.1) is 0 Å². The summed E-state index contributed by atoms with van der Waals surface area (Å²) in [5.74, 6) is -0.622. The van der Waals surface area contributed by atoms with Gasteiger partial charge in [0.15, 0.2) is 5.69 Å². The van der Waals surface area contributed by atoms with E-state index in [0.29, 0.717) is 6.54 Å². The predicted molar refractivity (Wildman–Crippen MR) is 75.7 cm³/mol. The average molecular weight is 289 g/mol. The molecule has 7 heteroatoms. The maximum absolute atomic E-state index is 12.3. The number of nitro groups is 1.